The van der Waals surface area contributed by atoms with Crippen molar-refractivity contribution in [2.45, 2.75) is 30.9 Å². The fraction of sp³-hybridized carbons (Fsp3) is 0.500. The molecule has 1 fully saturated rings. The highest BCUT2D eigenvalue weighted by Gasteiger charge is 2.54. The lowest BCUT2D eigenvalue weighted by atomic mass is 9.94. The van der Waals surface area contributed by atoms with Crippen LogP contribution in [0, 0.1) is 0 Å². The number of carbonyl (C=O) groups is 1. The lowest BCUT2D eigenvalue weighted by Crippen LogP contribution is -2.46. The van der Waals surface area contributed by atoms with E-state index >= 15 is 0 Å². The third-order valence-corrected chi connectivity index (χ3v) is 6.10. The summed E-state index contributed by atoms with van der Waals surface area (Å²) in [5.41, 5.74) is 0.848. The van der Waals surface area contributed by atoms with Crippen LogP contribution in [0.15, 0.2) is 30.3 Å². The first-order valence-electron chi connectivity index (χ1n) is 6.45. The highest BCUT2D eigenvalue weighted by Crippen LogP contribution is 2.36. The molecule has 104 valence electrons. The summed E-state index contributed by atoms with van der Waals surface area (Å²) in [4.78, 5) is 12.2. The molecule has 0 radical (unpaired) electrons. The predicted octanol–water partition coefficient (Wildman–Crippen LogP) is 1.74. The van der Waals surface area contributed by atoms with Gasteiger partial charge in [-0.3, -0.25) is 4.79 Å². The summed E-state index contributed by atoms with van der Waals surface area (Å²) in [7, 11) is -3.44. The molecule has 1 heterocycles. The Morgan fingerprint density at radius 1 is 1.32 bits per heavy atom. The van der Waals surface area contributed by atoms with Gasteiger partial charge in [0, 0.05) is 6.42 Å². The molecule has 1 aliphatic rings. The number of sulfone groups is 1. The number of hydrogen-bond donors (Lipinski definition) is 0. The molecule has 0 bridgehead atoms. The maximum atomic E-state index is 12.3. The van der Waals surface area contributed by atoms with E-state index in [1.807, 2.05) is 30.3 Å². The van der Waals surface area contributed by atoms with Crippen LogP contribution >= 0.6 is 0 Å². The van der Waals surface area contributed by atoms with E-state index in [0.717, 1.165) is 5.56 Å². The Hall–Kier alpha value is -1.36. The van der Waals surface area contributed by atoms with Crippen LogP contribution in [-0.2, 0) is 25.8 Å². The smallest absolute Gasteiger partial charge is 0.327 e. The first kappa shape index (κ1) is 14.1. The van der Waals surface area contributed by atoms with Gasteiger partial charge >= 0.3 is 5.97 Å². The lowest BCUT2D eigenvalue weighted by Gasteiger charge is -2.25. The summed E-state index contributed by atoms with van der Waals surface area (Å²) in [5, 5.41) is 0. The second kappa shape index (κ2) is 5.33. The average molecular weight is 282 g/mol. The maximum Gasteiger partial charge on any atom is 0.327 e. The van der Waals surface area contributed by atoms with Gasteiger partial charge in [-0.05, 0) is 25.3 Å². The lowest BCUT2D eigenvalue weighted by molar-refractivity contribution is -0.146. The van der Waals surface area contributed by atoms with Crippen LogP contribution in [0.25, 0.3) is 0 Å². The van der Waals surface area contributed by atoms with Crippen LogP contribution in [0.5, 0.6) is 0 Å². The van der Waals surface area contributed by atoms with E-state index < -0.39 is 20.6 Å². The highest BCUT2D eigenvalue weighted by molar-refractivity contribution is 7.93. The third-order valence-electron chi connectivity index (χ3n) is 3.57. The summed E-state index contributed by atoms with van der Waals surface area (Å²) in [5.74, 6) is -0.532. The number of esters is 1. The first-order valence-corrected chi connectivity index (χ1v) is 8.10. The average Bonchev–Trinajstić information content (AvgIpc) is 2.67. The fourth-order valence-electron chi connectivity index (χ4n) is 2.59. The number of ether oxygens (including phenoxy) is 1. The number of hydrogen-bond acceptors (Lipinski definition) is 4. The molecule has 0 aromatic heterocycles. The molecule has 4 nitrogen and oxygen atoms in total. The minimum atomic E-state index is -3.44. The van der Waals surface area contributed by atoms with E-state index in [2.05, 4.69) is 0 Å². The maximum absolute atomic E-state index is 12.3. The zero-order chi connectivity index (χ0) is 13.9. The molecule has 5 heteroatoms. The fourth-order valence-corrected chi connectivity index (χ4v) is 4.66. The van der Waals surface area contributed by atoms with Crippen LogP contribution in [0.3, 0.4) is 0 Å². The molecule has 0 spiro atoms. The SMILES string of the molecule is CCOC(=O)C1(Cc2ccccc2)CCCS1(=O)=O. The zero-order valence-electron chi connectivity index (χ0n) is 11.0. The first-order chi connectivity index (χ1) is 9.02. The predicted molar refractivity (Wildman–Crippen MR) is 72.5 cm³/mol. The summed E-state index contributed by atoms with van der Waals surface area (Å²) < 4.78 is 28.2. The van der Waals surface area contributed by atoms with Crippen molar-refractivity contribution in [3.63, 3.8) is 0 Å². The Morgan fingerprint density at radius 3 is 2.53 bits per heavy atom. The van der Waals surface area contributed by atoms with Crippen LogP contribution < -0.4 is 0 Å². The second-order valence-electron chi connectivity index (χ2n) is 4.80. The molecule has 1 aliphatic heterocycles. The van der Waals surface area contributed by atoms with Gasteiger partial charge in [0.2, 0.25) is 0 Å². The molecular formula is C14H18O4S. The molecule has 1 aromatic rings. The number of carbonyl (C=O) groups excluding carboxylic acids is 1. The summed E-state index contributed by atoms with van der Waals surface area (Å²) in [6, 6.07) is 9.23. The molecule has 0 N–H and O–H groups in total. The Labute approximate surface area is 113 Å². The second-order valence-corrected chi connectivity index (χ2v) is 7.22. The van der Waals surface area contributed by atoms with Crippen LogP contribution in [0.2, 0.25) is 0 Å². The van der Waals surface area contributed by atoms with Gasteiger partial charge in [-0.25, -0.2) is 8.42 Å². The van der Waals surface area contributed by atoms with Crippen molar-refractivity contribution < 1.29 is 17.9 Å². The van der Waals surface area contributed by atoms with Crippen molar-refractivity contribution in [1.82, 2.24) is 0 Å². The molecule has 0 aliphatic carbocycles. The summed E-state index contributed by atoms with van der Waals surface area (Å²) >= 11 is 0. The van der Waals surface area contributed by atoms with Crippen molar-refractivity contribution in [2.24, 2.45) is 0 Å². The zero-order valence-corrected chi connectivity index (χ0v) is 11.8. The van der Waals surface area contributed by atoms with Gasteiger partial charge in [0.05, 0.1) is 12.4 Å². The Balaban J connectivity index is 2.38. The van der Waals surface area contributed by atoms with Gasteiger partial charge in [-0.15, -0.1) is 0 Å². The molecule has 1 saturated heterocycles. The topological polar surface area (TPSA) is 60.4 Å². The summed E-state index contributed by atoms with van der Waals surface area (Å²) in [6.45, 7) is 1.89. The van der Waals surface area contributed by atoms with E-state index in [9.17, 15) is 13.2 Å². The molecule has 0 amide bonds. The highest BCUT2D eigenvalue weighted by atomic mass is 32.2. The van der Waals surface area contributed by atoms with E-state index in [0.29, 0.717) is 12.8 Å². The van der Waals surface area contributed by atoms with Crippen LogP contribution in [-0.4, -0.2) is 31.5 Å². The molecule has 1 atom stereocenters. The Bertz CT molecular complexity index is 550. The van der Waals surface area contributed by atoms with E-state index in [4.69, 9.17) is 4.74 Å². The normalized spacial score (nSPS) is 25.1. The monoisotopic (exact) mass is 282 g/mol. The molecule has 1 aromatic carbocycles. The van der Waals surface area contributed by atoms with Crippen molar-refractivity contribution in [1.29, 1.82) is 0 Å². The molecule has 2 rings (SSSR count). The minimum absolute atomic E-state index is 0.0681. The Morgan fingerprint density at radius 2 is 2.00 bits per heavy atom. The van der Waals surface area contributed by atoms with Crippen molar-refractivity contribution >= 4 is 15.8 Å². The van der Waals surface area contributed by atoms with Crippen molar-refractivity contribution in [2.75, 3.05) is 12.4 Å². The number of benzene rings is 1. The van der Waals surface area contributed by atoms with Gasteiger partial charge in [0.1, 0.15) is 0 Å². The number of rotatable bonds is 4. The van der Waals surface area contributed by atoms with E-state index in [-0.39, 0.29) is 18.8 Å². The van der Waals surface area contributed by atoms with Crippen molar-refractivity contribution in [3.05, 3.63) is 35.9 Å². The summed E-state index contributed by atoms with van der Waals surface area (Å²) in [6.07, 6.45) is 1.08. The Kier molecular flexibility index (Phi) is 3.94. The van der Waals surface area contributed by atoms with E-state index in [1.54, 1.807) is 6.92 Å². The largest absolute Gasteiger partial charge is 0.465 e. The van der Waals surface area contributed by atoms with Gasteiger partial charge in [-0.2, -0.15) is 0 Å². The standard InChI is InChI=1S/C14H18O4S/c1-2-18-13(15)14(9-6-10-19(14,16)17)11-12-7-4-3-5-8-12/h3-5,7-8H,2,6,9-11H2,1H3. The van der Waals surface area contributed by atoms with Gasteiger partial charge in [0.15, 0.2) is 14.6 Å². The van der Waals surface area contributed by atoms with Gasteiger partial charge in [0.25, 0.3) is 0 Å². The molecule has 19 heavy (non-hydrogen) atoms. The quantitative estimate of drug-likeness (QED) is 0.789. The molecule has 0 saturated carbocycles. The third kappa shape index (κ3) is 2.52. The van der Waals surface area contributed by atoms with Gasteiger partial charge in [-0.1, -0.05) is 30.3 Å². The minimum Gasteiger partial charge on any atom is -0.465 e. The molecule has 1 unspecified atom stereocenters. The van der Waals surface area contributed by atoms with Crippen molar-refractivity contribution in [3.8, 4) is 0 Å². The van der Waals surface area contributed by atoms with E-state index in [1.165, 1.54) is 0 Å². The van der Waals surface area contributed by atoms with Gasteiger partial charge < -0.3 is 4.74 Å². The van der Waals surface area contributed by atoms with Crippen LogP contribution in [0.1, 0.15) is 25.3 Å². The van der Waals surface area contributed by atoms with Crippen LogP contribution in [0.4, 0.5) is 0 Å². The molecular weight excluding hydrogens is 264 g/mol.